The average molecular weight is 561 g/mol. The highest BCUT2D eigenvalue weighted by Crippen LogP contribution is 2.49. The number of ether oxygens (including phenoxy) is 1. The maximum absolute atomic E-state index is 13.9. The number of furan rings is 1. The highest BCUT2D eigenvalue weighted by molar-refractivity contribution is 7.89. The lowest BCUT2D eigenvalue weighted by Gasteiger charge is -2.26. The molecule has 0 unspecified atom stereocenters. The number of methoxy groups -OCH3 is 1. The first kappa shape index (κ1) is 27.9. The molecule has 0 radical (unpaired) electrons. The SMILES string of the molecule is CCc1ccc(CCCN(Cc2nc(C(=O)CS(N)(=O)=O)c(C)s2)C(=O)C2(c3ccc(OC)cn3)CC2)o1. The number of rotatable bonds is 13. The van der Waals surface area contributed by atoms with E-state index < -0.39 is 27.0 Å². The Morgan fingerprint density at radius 1 is 1.21 bits per heavy atom. The number of thiazole rings is 1. The van der Waals surface area contributed by atoms with Crippen LogP contribution in [-0.2, 0) is 39.6 Å². The number of Topliss-reactive ketones (excluding diaryl/α,β-unsaturated/α-hetero) is 1. The summed E-state index contributed by atoms with van der Waals surface area (Å²) in [5.74, 6) is 0.895. The summed E-state index contributed by atoms with van der Waals surface area (Å²) in [7, 11) is -2.41. The first-order valence-corrected chi connectivity index (χ1v) is 15.0. The predicted octanol–water partition coefficient (Wildman–Crippen LogP) is 3.17. The molecule has 1 aliphatic rings. The molecule has 3 heterocycles. The van der Waals surface area contributed by atoms with Crippen LogP contribution in [0.4, 0.5) is 0 Å². The molecular weight excluding hydrogens is 528 g/mol. The topological polar surface area (TPSA) is 146 Å². The fourth-order valence-electron chi connectivity index (χ4n) is 4.43. The number of pyridine rings is 1. The van der Waals surface area contributed by atoms with Crippen molar-refractivity contribution in [3.8, 4) is 5.75 Å². The van der Waals surface area contributed by atoms with E-state index in [1.54, 1.807) is 31.2 Å². The van der Waals surface area contributed by atoms with E-state index >= 15 is 0 Å². The van der Waals surface area contributed by atoms with Crippen molar-refractivity contribution in [3.63, 3.8) is 0 Å². The molecular formula is C26H32N4O6S2. The number of carbonyl (C=O) groups excluding carboxylic acids is 2. The summed E-state index contributed by atoms with van der Waals surface area (Å²) in [6.45, 7) is 4.39. The summed E-state index contributed by atoms with van der Waals surface area (Å²) in [5, 5.41) is 5.60. The zero-order chi connectivity index (χ0) is 27.5. The molecule has 204 valence electrons. The van der Waals surface area contributed by atoms with Crippen molar-refractivity contribution < 1.29 is 27.2 Å². The molecule has 38 heavy (non-hydrogen) atoms. The molecule has 0 spiro atoms. The molecule has 1 saturated carbocycles. The van der Waals surface area contributed by atoms with Crippen LogP contribution in [0.5, 0.6) is 5.75 Å². The number of nitrogens with two attached hydrogens (primary N) is 1. The van der Waals surface area contributed by atoms with Crippen LogP contribution >= 0.6 is 11.3 Å². The summed E-state index contributed by atoms with van der Waals surface area (Å²) in [6, 6.07) is 7.55. The van der Waals surface area contributed by atoms with Gasteiger partial charge in [-0.15, -0.1) is 11.3 Å². The maximum Gasteiger partial charge on any atom is 0.235 e. The van der Waals surface area contributed by atoms with E-state index in [4.69, 9.17) is 14.3 Å². The van der Waals surface area contributed by atoms with Gasteiger partial charge in [-0.05, 0) is 50.5 Å². The first-order valence-electron chi connectivity index (χ1n) is 12.4. The molecule has 0 bridgehead atoms. The van der Waals surface area contributed by atoms with E-state index in [1.807, 2.05) is 25.1 Å². The minimum Gasteiger partial charge on any atom is -0.495 e. The first-order chi connectivity index (χ1) is 18.0. The molecule has 0 aliphatic heterocycles. The van der Waals surface area contributed by atoms with Gasteiger partial charge in [0.1, 0.15) is 33.7 Å². The minimum absolute atomic E-state index is 0.0471. The van der Waals surface area contributed by atoms with Crippen LogP contribution in [0.3, 0.4) is 0 Å². The molecule has 0 saturated heterocycles. The van der Waals surface area contributed by atoms with Gasteiger partial charge < -0.3 is 14.1 Å². The minimum atomic E-state index is -3.98. The fourth-order valence-corrected chi connectivity index (χ4v) is 5.90. The van der Waals surface area contributed by atoms with Crippen LogP contribution in [0.25, 0.3) is 0 Å². The molecule has 3 aromatic rings. The summed E-state index contributed by atoms with van der Waals surface area (Å²) in [5.41, 5.74) is 0.0728. The lowest BCUT2D eigenvalue weighted by molar-refractivity contribution is -0.134. The van der Waals surface area contributed by atoms with Gasteiger partial charge in [0.15, 0.2) is 5.78 Å². The highest BCUT2D eigenvalue weighted by atomic mass is 32.2. The van der Waals surface area contributed by atoms with Gasteiger partial charge in [-0.25, -0.2) is 18.5 Å². The van der Waals surface area contributed by atoms with E-state index in [2.05, 4.69) is 9.97 Å². The Kier molecular flexibility index (Phi) is 8.34. The largest absolute Gasteiger partial charge is 0.495 e. The van der Waals surface area contributed by atoms with E-state index in [1.165, 1.54) is 11.3 Å². The second-order valence-electron chi connectivity index (χ2n) is 9.46. The zero-order valence-corrected chi connectivity index (χ0v) is 23.4. The third kappa shape index (κ3) is 6.48. The van der Waals surface area contributed by atoms with Gasteiger partial charge in [-0.3, -0.25) is 14.6 Å². The third-order valence-electron chi connectivity index (χ3n) is 6.59. The molecule has 1 amide bonds. The Morgan fingerprint density at radius 2 is 1.95 bits per heavy atom. The summed E-state index contributed by atoms with van der Waals surface area (Å²) >= 11 is 1.27. The van der Waals surface area contributed by atoms with Crippen LogP contribution in [0.1, 0.15) is 63.8 Å². The molecule has 0 aromatic carbocycles. The molecule has 1 aliphatic carbocycles. The van der Waals surface area contributed by atoms with E-state index in [0.717, 1.165) is 17.9 Å². The molecule has 1 fully saturated rings. The normalized spacial score (nSPS) is 14.3. The average Bonchev–Trinajstić information content (AvgIpc) is 3.41. The molecule has 4 rings (SSSR count). The second kappa shape index (κ2) is 11.3. The number of amides is 1. The van der Waals surface area contributed by atoms with Gasteiger partial charge in [-0.1, -0.05) is 6.92 Å². The number of aromatic nitrogens is 2. The van der Waals surface area contributed by atoms with Gasteiger partial charge in [0.25, 0.3) is 0 Å². The molecule has 3 aromatic heterocycles. The lowest BCUT2D eigenvalue weighted by Crippen LogP contribution is -2.40. The monoisotopic (exact) mass is 560 g/mol. The number of hydrogen-bond donors (Lipinski definition) is 1. The van der Waals surface area contributed by atoms with Crippen molar-refractivity contribution >= 4 is 33.1 Å². The smallest absolute Gasteiger partial charge is 0.235 e. The van der Waals surface area contributed by atoms with Gasteiger partial charge in [-0.2, -0.15) is 0 Å². The van der Waals surface area contributed by atoms with Crippen LogP contribution in [0.2, 0.25) is 0 Å². The Hall–Kier alpha value is -3.09. The van der Waals surface area contributed by atoms with Crippen LogP contribution in [0.15, 0.2) is 34.9 Å². The van der Waals surface area contributed by atoms with Gasteiger partial charge in [0.05, 0.1) is 31.0 Å². The van der Waals surface area contributed by atoms with Gasteiger partial charge in [0, 0.05) is 24.3 Å². The molecule has 10 nitrogen and oxygen atoms in total. The Labute approximate surface area is 226 Å². The number of ketones is 1. The quantitative estimate of drug-likeness (QED) is 0.314. The maximum atomic E-state index is 13.9. The van der Waals surface area contributed by atoms with E-state index in [9.17, 15) is 18.0 Å². The van der Waals surface area contributed by atoms with Crippen molar-refractivity contribution in [2.24, 2.45) is 5.14 Å². The Bertz CT molecular complexity index is 1410. The Balaban J connectivity index is 1.55. The van der Waals surface area contributed by atoms with E-state index in [-0.39, 0.29) is 18.1 Å². The Morgan fingerprint density at radius 3 is 2.53 bits per heavy atom. The number of carbonyl (C=O) groups is 2. The number of primary sulfonamides is 1. The number of aryl methyl sites for hydroxylation is 3. The van der Waals surface area contributed by atoms with Crippen molar-refractivity contribution in [1.29, 1.82) is 0 Å². The standard InChI is InChI=1S/C26H32N4O6S2/c1-4-18-7-8-19(36-18)6-5-13-30(15-23-29-24(17(2)37-23)21(31)16-38(27,33)34)25(32)26(11-12-26)22-10-9-20(35-3)14-28-22/h7-10,14H,4-6,11-13,15-16H2,1-3H3,(H2,27,33,34). The van der Waals surface area contributed by atoms with Crippen LogP contribution in [0, 0.1) is 6.92 Å². The molecule has 12 heteroatoms. The predicted molar refractivity (Wildman–Crippen MR) is 143 cm³/mol. The summed E-state index contributed by atoms with van der Waals surface area (Å²) < 4.78 is 33.8. The highest BCUT2D eigenvalue weighted by Gasteiger charge is 2.54. The number of hydrogen-bond acceptors (Lipinski definition) is 9. The van der Waals surface area contributed by atoms with Crippen molar-refractivity contribution in [3.05, 3.63) is 63.3 Å². The lowest BCUT2D eigenvalue weighted by atomic mass is 9.99. The van der Waals surface area contributed by atoms with Crippen LogP contribution < -0.4 is 9.88 Å². The summed E-state index contributed by atoms with van der Waals surface area (Å²) in [6.07, 6.45) is 5.16. The molecule has 0 atom stereocenters. The molecule has 2 N–H and O–H groups in total. The van der Waals surface area contributed by atoms with Crippen molar-refractivity contribution in [1.82, 2.24) is 14.9 Å². The van der Waals surface area contributed by atoms with Gasteiger partial charge >= 0.3 is 0 Å². The zero-order valence-electron chi connectivity index (χ0n) is 21.7. The van der Waals surface area contributed by atoms with Gasteiger partial charge in [0.2, 0.25) is 15.9 Å². The van der Waals surface area contributed by atoms with Crippen molar-refractivity contribution in [2.75, 3.05) is 19.4 Å². The van der Waals surface area contributed by atoms with E-state index in [0.29, 0.717) is 53.6 Å². The third-order valence-corrected chi connectivity index (χ3v) is 8.21. The van der Waals surface area contributed by atoms with Crippen molar-refractivity contribution in [2.45, 2.75) is 57.9 Å². The summed E-state index contributed by atoms with van der Waals surface area (Å²) in [4.78, 5) is 37.6. The fraction of sp³-hybridized carbons (Fsp3) is 0.462. The van der Waals surface area contributed by atoms with Crippen LogP contribution in [-0.4, -0.2) is 54.4 Å². The number of sulfonamides is 1. The number of nitrogens with zero attached hydrogens (tertiary/aromatic N) is 3. The second-order valence-corrected chi connectivity index (χ2v) is 12.4.